The van der Waals surface area contributed by atoms with Crippen molar-refractivity contribution in [2.24, 2.45) is 0 Å². The Morgan fingerprint density at radius 3 is 2.27 bits per heavy atom. The molecular weight excluding hydrogens is 370 g/mol. The van der Waals surface area contributed by atoms with Gasteiger partial charge in [0.1, 0.15) is 6.54 Å². The number of carbonyl (C=O) groups is 1. The van der Waals surface area contributed by atoms with E-state index in [1.165, 1.54) is 12.1 Å². The van der Waals surface area contributed by atoms with E-state index < -0.39 is 22.5 Å². The van der Waals surface area contributed by atoms with E-state index in [4.69, 9.17) is 5.11 Å². The number of benzene rings is 2. The molecule has 2 aromatic carbocycles. The van der Waals surface area contributed by atoms with Crippen molar-refractivity contribution in [1.29, 1.82) is 0 Å². The molecule has 2 rings (SSSR count). The maximum absolute atomic E-state index is 12.8. The van der Waals surface area contributed by atoms with Crippen molar-refractivity contribution in [3.63, 3.8) is 0 Å². The van der Waals surface area contributed by atoms with Gasteiger partial charge in [-0.1, -0.05) is 34.1 Å². The molecule has 7 heteroatoms. The van der Waals surface area contributed by atoms with Gasteiger partial charge in [-0.3, -0.25) is 9.10 Å². The molecule has 1 N–H and O–H groups in total. The Kier molecular flexibility index (Phi) is 4.87. The standard InChI is InChI=1S/C15H14BrNO4S/c1-11-4-2-3-5-14(11)17(10-15(18)19)22(20,21)13-8-6-12(16)7-9-13/h2-9H,10H2,1H3,(H,18,19). The Labute approximate surface area is 137 Å². The average Bonchev–Trinajstić information content (AvgIpc) is 2.46. The third-order valence-corrected chi connectivity index (χ3v) is 5.37. The summed E-state index contributed by atoms with van der Waals surface area (Å²) in [7, 11) is -3.96. The van der Waals surface area contributed by atoms with Crippen LogP contribution in [-0.2, 0) is 14.8 Å². The van der Waals surface area contributed by atoms with Crippen LogP contribution in [0, 0.1) is 6.92 Å². The predicted octanol–water partition coefficient (Wildman–Crippen LogP) is 3.04. The number of hydrogen-bond acceptors (Lipinski definition) is 3. The molecule has 0 heterocycles. The van der Waals surface area contributed by atoms with Crippen LogP contribution in [0.25, 0.3) is 0 Å². The fourth-order valence-corrected chi connectivity index (χ4v) is 3.74. The Bertz CT molecular complexity index is 787. The van der Waals surface area contributed by atoms with Crippen LogP contribution in [-0.4, -0.2) is 26.0 Å². The molecule has 116 valence electrons. The van der Waals surface area contributed by atoms with Crippen LogP contribution in [0.3, 0.4) is 0 Å². The summed E-state index contributed by atoms with van der Waals surface area (Å²) in [5.74, 6) is -1.22. The van der Waals surface area contributed by atoms with E-state index in [1.54, 1.807) is 43.3 Å². The second kappa shape index (κ2) is 6.50. The van der Waals surface area contributed by atoms with Crippen molar-refractivity contribution in [2.45, 2.75) is 11.8 Å². The van der Waals surface area contributed by atoms with Crippen LogP contribution < -0.4 is 4.31 Å². The van der Waals surface area contributed by atoms with E-state index in [9.17, 15) is 13.2 Å². The minimum atomic E-state index is -3.96. The summed E-state index contributed by atoms with van der Waals surface area (Å²) >= 11 is 3.24. The van der Waals surface area contributed by atoms with Gasteiger partial charge in [0.05, 0.1) is 10.6 Å². The molecule has 0 aliphatic heterocycles. The van der Waals surface area contributed by atoms with Crippen molar-refractivity contribution in [3.8, 4) is 0 Å². The molecule has 5 nitrogen and oxygen atoms in total. The minimum Gasteiger partial charge on any atom is -0.480 e. The zero-order valence-electron chi connectivity index (χ0n) is 11.7. The highest BCUT2D eigenvalue weighted by molar-refractivity contribution is 9.10. The van der Waals surface area contributed by atoms with Gasteiger partial charge in [0.25, 0.3) is 10.0 Å². The summed E-state index contributed by atoms with van der Waals surface area (Å²) in [5.41, 5.74) is 1.04. The van der Waals surface area contributed by atoms with E-state index >= 15 is 0 Å². The molecule has 0 aromatic heterocycles. The summed E-state index contributed by atoms with van der Waals surface area (Å²) in [5, 5.41) is 9.08. The number of aliphatic carboxylic acids is 1. The van der Waals surface area contributed by atoms with Crippen molar-refractivity contribution in [1.82, 2.24) is 0 Å². The second-order valence-corrected chi connectivity index (χ2v) is 7.42. The normalized spacial score (nSPS) is 11.2. The third kappa shape index (κ3) is 3.48. The van der Waals surface area contributed by atoms with Crippen molar-refractivity contribution >= 4 is 37.6 Å². The van der Waals surface area contributed by atoms with E-state index in [1.807, 2.05) is 0 Å². The molecule has 0 radical (unpaired) electrons. The van der Waals surface area contributed by atoms with Gasteiger partial charge in [-0.25, -0.2) is 8.42 Å². The molecule has 22 heavy (non-hydrogen) atoms. The molecule has 0 amide bonds. The molecule has 0 saturated heterocycles. The van der Waals surface area contributed by atoms with Gasteiger partial charge in [-0.2, -0.15) is 0 Å². The largest absolute Gasteiger partial charge is 0.480 e. The van der Waals surface area contributed by atoms with Crippen LogP contribution in [0.1, 0.15) is 5.56 Å². The van der Waals surface area contributed by atoms with E-state index in [2.05, 4.69) is 15.9 Å². The number of para-hydroxylation sites is 1. The summed E-state index contributed by atoms with van der Waals surface area (Å²) < 4.78 is 27.2. The highest BCUT2D eigenvalue weighted by Gasteiger charge is 2.27. The summed E-state index contributed by atoms with van der Waals surface area (Å²) in [4.78, 5) is 11.2. The van der Waals surface area contributed by atoms with Gasteiger partial charge < -0.3 is 5.11 Å². The lowest BCUT2D eigenvalue weighted by Crippen LogP contribution is -2.36. The monoisotopic (exact) mass is 383 g/mol. The zero-order valence-corrected chi connectivity index (χ0v) is 14.1. The summed E-state index contributed by atoms with van der Waals surface area (Å²) in [6.45, 7) is 1.10. The lowest BCUT2D eigenvalue weighted by atomic mass is 10.2. The number of halogens is 1. The number of rotatable bonds is 5. The number of nitrogens with zero attached hydrogens (tertiary/aromatic N) is 1. The molecule has 0 unspecified atom stereocenters. The van der Waals surface area contributed by atoms with Crippen LogP contribution in [0.5, 0.6) is 0 Å². The molecule has 0 atom stereocenters. The van der Waals surface area contributed by atoms with Crippen molar-refractivity contribution in [2.75, 3.05) is 10.8 Å². The smallest absolute Gasteiger partial charge is 0.324 e. The number of hydrogen-bond donors (Lipinski definition) is 1. The SMILES string of the molecule is Cc1ccccc1N(CC(=O)O)S(=O)(=O)c1ccc(Br)cc1. The Morgan fingerprint density at radius 2 is 1.73 bits per heavy atom. The lowest BCUT2D eigenvalue weighted by molar-refractivity contribution is -0.135. The van der Waals surface area contributed by atoms with Crippen molar-refractivity contribution in [3.05, 3.63) is 58.6 Å². The topological polar surface area (TPSA) is 74.7 Å². The number of carboxylic acid groups (broad SMARTS) is 1. The first-order valence-corrected chi connectivity index (χ1v) is 8.61. The maximum Gasteiger partial charge on any atom is 0.324 e. The number of anilines is 1. The van der Waals surface area contributed by atoms with Gasteiger partial charge >= 0.3 is 5.97 Å². The Morgan fingerprint density at radius 1 is 1.14 bits per heavy atom. The van der Waals surface area contributed by atoms with E-state index in [-0.39, 0.29) is 4.90 Å². The molecule has 0 bridgehead atoms. The van der Waals surface area contributed by atoms with Crippen LogP contribution >= 0.6 is 15.9 Å². The summed E-state index contributed by atoms with van der Waals surface area (Å²) in [6.07, 6.45) is 0. The van der Waals surface area contributed by atoms with Crippen molar-refractivity contribution < 1.29 is 18.3 Å². The molecule has 2 aromatic rings. The molecule has 0 aliphatic carbocycles. The first kappa shape index (κ1) is 16.5. The van der Waals surface area contributed by atoms with Gasteiger partial charge in [0.15, 0.2) is 0 Å². The second-order valence-electron chi connectivity index (χ2n) is 4.65. The highest BCUT2D eigenvalue weighted by atomic mass is 79.9. The molecule has 0 fully saturated rings. The van der Waals surface area contributed by atoms with Gasteiger partial charge in [0, 0.05) is 4.47 Å². The number of aryl methyl sites for hydroxylation is 1. The first-order chi connectivity index (χ1) is 10.3. The van der Waals surface area contributed by atoms with Crippen LogP contribution in [0.4, 0.5) is 5.69 Å². The Hall–Kier alpha value is -1.86. The molecule has 0 saturated carbocycles. The van der Waals surface area contributed by atoms with Gasteiger partial charge in [-0.05, 0) is 42.8 Å². The van der Waals surface area contributed by atoms with Crippen LogP contribution in [0.2, 0.25) is 0 Å². The number of carboxylic acids is 1. The maximum atomic E-state index is 12.8. The fourth-order valence-electron chi connectivity index (χ4n) is 2.00. The predicted molar refractivity (Wildman–Crippen MR) is 87.5 cm³/mol. The molecule has 0 aliphatic rings. The van der Waals surface area contributed by atoms with Gasteiger partial charge in [-0.15, -0.1) is 0 Å². The third-order valence-electron chi connectivity index (χ3n) is 3.06. The fraction of sp³-hybridized carbons (Fsp3) is 0.133. The van der Waals surface area contributed by atoms with E-state index in [0.29, 0.717) is 11.3 Å². The molecule has 0 spiro atoms. The van der Waals surface area contributed by atoms with Crippen LogP contribution in [0.15, 0.2) is 57.9 Å². The lowest BCUT2D eigenvalue weighted by Gasteiger charge is -2.24. The van der Waals surface area contributed by atoms with E-state index in [0.717, 1.165) is 8.78 Å². The number of sulfonamides is 1. The Balaban J connectivity index is 2.56. The first-order valence-electron chi connectivity index (χ1n) is 6.38. The highest BCUT2D eigenvalue weighted by Crippen LogP contribution is 2.27. The summed E-state index contributed by atoms with van der Waals surface area (Å²) in [6, 6.07) is 12.8. The minimum absolute atomic E-state index is 0.0419. The average molecular weight is 384 g/mol. The van der Waals surface area contributed by atoms with Gasteiger partial charge in [0.2, 0.25) is 0 Å². The quantitative estimate of drug-likeness (QED) is 0.860. The molecular formula is C15H14BrNO4S. The zero-order chi connectivity index (χ0) is 16.3.